The molecular weight excluding hydrogens is 392 g/mol. The van der Waals surface area contributed by atoms with Gasteiger partial charge in [0, 0.05) is 33.0 Å². The third kappa shape index (κ3) is 4.79. The van der Waals surface area contributed by atoms with Gasteiger partial charge in [-0.2, -0.15) is 4.31 Å². The van der Waals surface area contributed by atoms with Crippen LogP contribution in [-0.2, 0) is 10.0 Å². The van der Waals surface area contributed by atoms with Gasteiger partial charge >= 0.3 is 0 Å². The molecule has 0 aliphatic carbocycles. The highest BCUT2D eigenvalue weighted by molar-refractivity contribution is 7.89. The predicted octanol–water partition coefficient (Wildman–Crippen LogP) is 2.48. The number of ether oxygens (including phenoxy) is 2. The highest BCUT2D eigenvalue weighted by atomic mass is 32.2. The van der Waals surface area contributed by atoms with Crippen LogP contribution >= 0.6 is 0 Å². The van der Waals surface area contributed by atoms with Gasteiger partial charge in [0.1, 0.15) is 11.9 Å². The van der Waals surface area contributed by atoms with Crippen molar-refractivity contribution in [1.82, 2.24) is 14.3 Å². The van der Waals surface area contributed by atoms with Gasteiger partial charge in [-0.05, 0) is 50.5 Å². The predicted molar refractivity (Wildman–Crippen MR) is 111 cm³/mol. The molecule has 2 aromatic rings. The molecular formula is C20H28N4O4S. The molecule has 0 saturated carbocycles. The number of nitrogens with zero attached hydrogens (tertiary/aromatic N) is 4. The maximum atomic E-state index is 13.2. The molecule has 1 aromatic carbocycles. The van der Waals surface area contributed by atoms with Crippen LogP contribution in [0.2, 0.25) is 0 Å². The number of aromatic nitrogens is 2. The maximum Gasteiger partial charge on any atom is 0.257 e. The third-order valence-electron chi connectivity index (χ3n) is 4.77. The van der Waals surface area contributed by atoms with E-state index >= 15 is 0 Å². The van der Waals surface area contributed by atoms with E-state index in [1.54, 1.807) is 30.6 Å². The van der Waals surface area contributed by atoms with E-state index in [9.17, 15) is 8.42 Å². The lowest BCUT2D eigenvalue weighted by Crippen LogP contribution is -2.44. The van der Waals surface area contributed by atoms with Crippen LogP contribution < -0.4 is 14.4 Å². The van der Waals surface area contributed by atoms with E-state index in [0.717, 1.165) is 18.4 Å². The van der Waals surface area contributed by atoms with E-state index < -0.39 is 10.0 Å². The van der Waals surface area contributed by atoms with Crippen molar-refractivity contribution in [2.45, 2.75) is 37.7 Å². The van der Waals surface area contributed by atoms with Gasteiger partial charge in [-0.25, -0.2) is 18.4 Å². The van der Waals surface area contributed by atoms with Gasteiger partial charge in [0.05, 0.1) is 18.0 Å². The van der Waals surface area contributed by atoms with Crippen molar-refractivity contribution >= 4 is 15.8 Å². The molecule has 3 rings (SSSR count). The quantitative estimate of drug-likeness (QED) is 0.680. The number of rotatable bonds is 7. The number of hydrogen-bond acceptors (Lipinski definition) is 7. The summed E-state index contributed by atoms with van der Waals surface area (Å²) < 4.78 is 39.4. The minimum Gasteiger partial charge on any atom is -0.494 e. The lowest BCUT2D eigenvalue weighted by Gasteiger charge is -2.32. The minimum atomic E-state index is -3.62. The molecule has 0 radical (unpaired) electrons. The second kappa shape index (κ2) is 8.96. The van der Waals surface area contributed by atoms with E-state index in [2.05, 4.69) is 9.97 Å². The van der Waals surface area contributed by atoms with Gasteiger partial charge in [0.2, 0.25) is 10.0 Å². The van der Waals surface area contributed by atoms with Crippen molar-refractivity contribution in [2.75, 3.05) is 38.7 Å². The Morgan fingerprint density at radius 1 is 1.24 bits per heavy atom. The summed E-state index contributed by atoms with van der Waals surface area (Å²) in [5.41, 5.74) is 0.799. The molecule has 158 valence electrons. The van der Waals surface area contributed by atoms with Gasteiger partial charge in [0.15, 0.2) is 5.82 Å². The molecule has 1 aliphatic rings. The first-order valence-electron chi connectivity index (χ1n) is 9.71. The largest absolute Gasteiger partial charge is 0.494 e. The topological polar surface area (TPSA) is 84.9 Å². The highest BCUT2D eigenvalue weighted by Gasteiger charge is 2.32. The van der Waals surface area contributed by atoms with E-state index in [4.69, 9.17) is 9.47 Å². The van der Waals surface area contributed by atoms with Crippen molar-refractivity contribution in [3.8, 4) is 11.6 Å². The van der Waals surface area contributed by atoms with Crippen LogP contribution in [0.15, 0.2) is 35.5 Å². The fourth-order valence-electron chi connectivity index (χ4n) is 3.33. The molecule has 0 N–H and O–H groups in total. The number of anilines is 1. The smallest absolute Gasteiger partial charge is 0.257 e. The second-order valence-electron chi connectivity index (χ2n) is 7.18. The molecule has 0 amide bonds. The Morgan fingerprint density at radius 2 is 2.00 bits per heavy atom. The van der Waals surface area contributed by atoms with Crippen LogP contribution in [0.3, 0.4) is 0 Å². The average molecular weight is 421 g/mol. The van der Waals surface area contributed by atoms with Gasteiger partial charge in [-0.1, -0.05) is 0 Å². The van der Waals surface area contributed by atoms with E-state index in [0.29, 0.717) is 30.6 Å². The molecule has 0 spiro atoms. The van der Waals surface area contributed by atoms with Crippen molar-refractivity contribution < 1.29 is 17.9 Å². The van der Waals surface area contributed by atoms with Gasteiger partial charge < -0.3 is 14.4 Å². The first kappa shape index (κ1) is 21.3. The molecule has 8 nitrogen and oxygen atoms in total. The Hall–Kier alpha value is -2.39. The van der Waals surface area contributed by atoms with Gasteiger partial charge in [0.25, 0.3) is 5.88 Å². The molecule has 1 atom stereocenters. The Balaban J connectivity index is 1.77. The molecule has 1 saturated heterocycles. The van der Waals surface area contributed by atoms with E-state index in [1.807, 2.05) is 32.8 Å². The zero-order valence-corrected chi connectivity index (χ0v) is 18.1. The van der Waals surface area contributed by atoms with E-state index in [1.165, 1.54) is 4.31 Å². The zero-order chi connectivity index (χ0) is 21.0. The summed E-state index contributed by atoms with van der Waals surface area (Å²) in [4.78, 5) is 10.6. The van der Waals surface area contributed by atoms with Crippen molar-refractivity contribution in [3.63, 3.8) is 0 Å². The van der Waals surface area contributed by atoms with Gasteiger partial charge in [-0.3, -0.25) is 0 Å². The molecule has 1 fully saturated rings. The fraction of sp³-hybridized carbons (Fsp3) is 0.500. The van der Waals surface area contributed by atoms with Crippen molar-refractivity contribution in [3.05, 3.63) is 36.2 Å². The van der Waals surface area contributed by atoms with Crippen LogP contribution in [-0.4, -0.2) is 62.6 Å². The summed E-state index contributed by atoms with van der Waals surface area (Å²) in [6.07, 6.45) is 4.38. The second-order valence-corrected chi connectivity index (χ2v) is 9.12. The SMILES string of the molecule is CCOc1ccc(S(=O)(=O)N2CCCC(Oc3nccnc3N(C)C)C2)cc1C. The van der Waals surface area contributed by atoms with Crippen LogP contribution in [0.4, 0.5) is 5.82 Å². The first-order chi connectivity index (χ1) is 13.8. The van der Waals surface area contributed by atoms with Crippen LogP contribution in [0.25, 0.3) is 0 Å². The van der Waals surface area contributed by atoms with Crippen molar-refractivity contribution in [2.24, 2.45) is 0 Å². The number of aryl methyl sites for hydroxylation is 1. The summed E-state index contributed by atoms with van der Waals surface area (Å²) in [5, 5.41) is 0. The first-order valence-corrected chi connectivity index (χ1v) is 11.2. The maximum absolute atomic E-state index is 13.2. The highest BCUT2D eigenvalue weighted by Crippen LogP contribution is 2.28. The normalized spacial score (nSPS) is 17.7. The fourth-order valence-corrected chi connectivity index (χ4v) is 4.93. The number of benzene rings is 1. The summed E-state index contributed by atoms with van der Waals surface area (Å²) in [6.45, 7) is 5.03. The Bertz CT molecular complexity index is 949. The van der Waals surface area contributed by atoms with Crippen LogP contribution in [0.1, 0.15) is 25.3 Å². The summed E-state index contributed by atoms with van der Waals surface area (Å²) in [7, 11) is 0.111. The summed E-state index contributed by atoms with van der Waals surface area (Å²) in [5.74, 6) is 1.73. The molecule has 2 heterocycles. The van der Waals surface area contributed by atoms with Crippen molar-refractivity contribution in [1.29, 1.82) is 0 Å². The summed E-state index contributed by atoms with van der Waals surface area (Å²) >= 11 is 0. The van der Waals surface area contributed by atoms with Gasteiger partial charge in [-0.15, -0.1) is 0 Å². The average Bonchev–Trinajstić information content (AvgIpc) is 2.70. The molecule has 1 unspecified atom stereocenters. The Morgan fingerprint density at radius 3 is 2.69 bits per heavy atom. The Labute approximate surface area is 172 Å². The number of hydrogen-bond donors (Lipinski definition) is 0. The van der Waals surface area contributed by atoms with Crippen LogP contribution in [0.5, 0.6) is 11.6 Å². The molecule has 0 bridgehead atoms. The minimum absolute atomic E-state index is 0.271. The summed E-state index contributed by atoms with van der Waals surface area (Å²) in [6, 6.07) is 4.98. The molecule has 1 aliphatic heterocycles. The Kier molecular flexibility index (Phi) is 6.59. The van der Waals surface area contributed by atoms with E-state index in [-0.39, 0.29) is 17.5 Å². The number of piperidine rings is 1. The monoisotopic (exact) mass is 420 g/mol. The van der Waals surface area contributed by atoms with Crippen LogP contribution in [0, 0.1) is 6.92 Å². The lowest BCUT2D eigenvalue weighted by molar-refractivity contribution is 0.125. The zero-order valence-electron chi connectivity index (χ0n) is 17.3. The molecule has 9 heteroatoms. The lowest BCUT2D eigenvalue weighted by atomic mass is 10.1. The molecule has 1 aromatic heterocycles. The number of sulfonamides is 1. The standard InChI is InChI=1S/C20H28N4O4S/c1-5-27-18-9-8-17(13-15(18)2)29(25,26)24-12-6-7-16(14-24)28-20-19(23(3)4)21-10-11-22-20/h8-11,13,16H,5-7,12,14H2,1-4H3. The third-order valence-corrected chi connectivity index (χ3v) is 6.63. The molecule has 29 heavy (non-hydrogen) atoms.